The second-order valence-electron chi connectivity index (χ2n) is 1.32. The summed E-state index contributed by atoms with van der Waals surface area (Å²) >= 11 is 2.91. The first-order valence-electron chi connectivity index (χ1n) is 3.20. The Kier molecular flexibility index (Phi) is 1.38. The van der Waals surface area contributed by atoms with E-state index in [0.29, 0.717) is 0 Å². The van der Waals surface area contributed by atoms with Gasteiger partial charge in [-0.3, -0.25) is 4.98 Å². The maximum atomic E-state index is 12.0. The molecule has 4 heteroatoms. The second kappa shape index (κ2) is 2.87. The molecule has 0 N–H and O–H groups in total. The fraction of sp³-hybridized carbons (Fsp3) is 0.200. The van der Waals surface area contributed by atoms with Gasteiger partial charge in [-0.25, -0.2) is 9.37 Å². The molecule has 0 amide bonds. The zero-order valence-electron chi connectivity index (χ0n) is 6.36. The van der Waals surface area contributed by atoms with Crippen LogP contribution in [0.2, 0.25) is 0 Å². The lowest BCUT2D eigenvalue weighted by molar-refractivity contribution is 0.474. The van der Waals surface area contributed by atoms with Crippen molar-refractivity contribution < 1.29 is 7.13 Å². The summed E-state index contributed by atoms with van der Waals surface area (Å²) in [5.74, 6) is 0. The number of aromatic nitrogens is 2. The molecule has 0 aliphatic carbocycles. The van der Waals surface area contributed by atoms with E-state index in [9.17, 15) is 4.39 Å². The van der Waals surface area contributed by atoms with Crippen LogP contribution in [0.3, 0.4) is 0 Å². The van der Waals surface area contributed by atoms with E-state index < -0.39 is 6.67 Å². The number of nitrogens with zero attached hydrogens (tertiary/aromatic N) is 2. The van der Waals surface area contributed by atoms with Crippen molar-refractivity contribution in [3.63, 3.8) is 0 Å². The lowest BCUT2D eigenvalue weighted by atomic mass is 10.5. The number of hydrogen-bond acceptors (Lipinski definition) is 2. The molecule has 0 atom stereocenters. The number of alkyl halides is 1. The predicted octanol–water partition coefficient (Wildman–Crippen LogP) is 1.71. The Labute approximate surface area is 63.1 Å². The highest BCUT2D eigenvalue weighted by Crippen LogP contribution is 2.02. The van der Waals surface area contributed by atoms with Crippen molar-refractivity contribution in [2.45, 2.75) is 6.67 Å². The van der Waals surface area contributed by atoms with Crippen molar-refractivity contribution in [1.29, 1.82) is 0 Å². The van der Waals surface area contributed by atoms with Crippen LogP contribution in [0.15, 0.2) is 16.9 Å². The van der Waals surface area contributed by atoms with Crippen molar-refractivity contribution in [3.8, 4) is 0 Å². The average molecular weight is 193 g/mol. The van der Waals surface area contributed by atoms with Gasteiger partial charge in [-0.2, -0.15) is 0 Å². The zero-order chi connectivity index (χ0) is 8.43. The third-order valence-corrected chi connectivity index (χ3v) is 1.05. The van der Waals surface area contributed by atoms with Gasteiger partial charge in [-0.15, -0.1) is 0 Å². The molecule has 0 saturated carbocycles. The Bertz CT molecular complexity index is 281. The highest BCUT2D eigenvalue weighted by molar-refractivity contribution is 9.10. The van der Waals surface area contributed by atoms with Gasteiger partial charge in [0.15, 0.2) is 0 Å². The molecule has 48 valence electrons. The van der Waals surface area contributed by atoms with Gasteiger partial charge in [0.1, 0.15) is 11.3 Å². The van der Waals surface area contributed by atoms with Crippen LogP contribution in [0.4, 0.5) is 4.39 Å². The van der Waals surface area contributed by atoms with E-state index >= 15 is 0 Å². The molecule has 0 aliphatic heterocycles. The summed E-state index contributed by atoms with van der Waals surface area (Å²) in [6.07, 6.45) is -0.371. The maximum absolute atomic E-state index is 12.0. The number of halogens is 2. The Morgan fingerprint density at radius 3 is 3.11 bits per heavy atom. The van der Waals surface area contributed by atoms with E-state index in [4.69, 9.17) is 2.74 Å². The average Bonchev–Trinajstić information content (AvgIpc) is 1.97. The first-order chi connectivity index (χ1) is 5.15. The first-order valence-corrected chi connectivity index (χ1v) is 3.00. The van der Waals surface area contributed by atoms with Crippen molar-refractivity contribution in [2.24, 2.45) is 0 Å². The number of rotatable bonds is 1. The van der Waals surface area contributed by atoms with Gasteiger partial charge >= 0.3 is 0 Å². The van der Waals surface area contributed by atoms with Crippen molar-refractivity contribution in [3.05, 3.63) is 22.6 Å². The second-order valence-corrected chi connectivity index (χ2v) is 2.07. The molecule has 0 fully saturated rings. The third kappa shape index (κ3) is 1.71. The van der Waals surface area contributed by atoms with Gasteiger partial charge in [0.25, 0.3) is 0 Å². The molecule has 1 aromatic heterocycles. The minimum absolute atomic E-state index is 0.0989. The Hall–Kier alpha value is -0.510. The van der Waals surface area contributed by atoms with Crippen molar-refractivity contribution in [1.82, 2.24) is 9.97 Å². The predicted molar refractivity (Wildman–Crippen MR) is 34.5 cm³/mol. The topological polar surface area (TPSA) is 25.8 Å². The van der Waals surface area contributed by atoms with Crippen molar-refractivity contribution in [2.75, 3.05) is 0 Å². The molecule has 2 nitrogen and oxygen atoms in total. The molecule has 0 aromatic carbocycles. The number of hydrogen-bond donors (Lipinski definition) is 0. The lowest BCUT2D eigenvalue weighted by Crippen LogP contribution is -1.86. The molecule has 1 aromatic rings. The molecule has 0 saturated heterocycles. The summed E-state index contributed by atoms with van der Waals surface area (Å²) in [5, 5.41) is 0. The SMILES string of the molecule is [2H]c1nc(CF)c([2H])nc1Br. The van der Waals surface area contributed by atoms with E-state index in [1.165, 1.54) is 0 Å². The van der Waals surface area contributed by atoms with E-state index in [2.05, 4.69) is 25.9 Å². The summed E-state index contributed by atoms with van der Waals surface area (Å²) < 4.78 is 26.3. The van der Waals surface area contributed by atoms with Gasteiger partial charge < -0.3 is 0 Å². The van der Waals surface area contributed by atoms with Crippen LogP contribution < -0.4 is 0 Å². The fourth-order valence-corrected chi connectivity index (χ4v) is 0.514. The van der Waals surface area contributed by atoms with Crippen LogP contribution in [-0.2, 0) is 6.67 Å². The molecule has 0 radical (unpaired) electrons. The molecule has 0 unspecified atom stereocenters. The van der Waals surface area contributed by atoms with Gasteiger partial charge in [-0.05, 0) is 15.9 Å². The van der Waals surface area contributed by atoms with Crippen LogP contribution in [0, 0.1) is 0 Å². The first kappa shape index (κ1) is 4.33. The molecule has 0 bridgehead atoms. The molecule has 1 heterocycles. The normalized spacial score (nSPS) is 12.7. The van der Waals surface area contributed by atoms with E-state index in [1.807, 2.05) is 0 Å². The molecule has 0 spiro atoms. The summed E-state index contributed by atoms with van der Waals surface area (Å²) in [5.41, 5.74) is -0.0989. The smallest absolute Gasteiger partial charge is 0.133 e. The van der Waals surface area contributed by atoms with E-state index in [-0.39, 0.29) is 22.6 Å². The summed E-state index contributed by atoms with van der Waals surface area (Å²) in [6, 6.07) is 0. The van der Waals surface area contributed by atoms with Gasteiger partial charge in [-0.1, -0.05) is 0 Å². The Morgan fingerprint density at radius 2 is 2.44 bits per heavy atom. The quantitative estimate of drug-likeness (QED) is 0.678. The standard InChI is InChI=1S/C5H4BrFN2/c6-5-3-8-4(1-7)2-9-5/h2-3H,1H2/i2D,3D. The molecular weight excluding hydrogens is 187 g/mol. The van der Waals surface area contributed by atoms with E-state index in [0.717, 1.165) is 0 Å². The van der Waals surface area contributed by atoms with Crippen molar-refractivity contribution >= 4 is 15.9 Å². The van der Waals surface area contributed by atoms with Crippen LogP contribution in [-0.4, -0.2) is 9.97 Å². The highest BCUT2D eigenvalue weighted by atomic mass is 79.9. The van der Waals surface area contributed by atoms with Gasteiger partial charge in [0, 0.05) is 0 Å². The van der Waals surface area contributed by atoms with Crippen LogP contribution in [0.5, 0.6) is 0 Å². The largest absolute Gasteiger partial charge is 0.254 e. The molecular formula is C5H4BrFN2. The minimum atomic E-state index is -0.856. The van der Waals surface area contributed by atoms with Crippen LogP contribution >= 0.6 is 15.9 Å². The highest BCUT2D eigenvalue weighted by Gasteiger charge is 1.91. The Balaban J connectivity index is 3.21. The van der Waals surface area contributed by atoms with Gasteiger partial charge in [0.05, 0.1) is 20.8 Å². The Morgan fingerprint density at radius 1 is 1.67 bits per heavy atom. The lowest BCUT2D eigenvalue weighted by Gasteiger charge is -1.89. The zero-order valence-corrected chi connectivity index (χ0v) is 5.94. The fourth-order valence-electron chi connectivity index (χ4n) is 0.337. The molecule has 9 heavy (non-hydrogen) atoms. The molecule has 0 aliphatic rings. The van der Waals surface area contributed by atoms with Gasteiger partial charge in [0.2, 0.25) is 0 Å². The summed E-state index contributed by atoms with van der Waals surface area (Å²) in [6.45, 7) is -0.856. The summed E-state index contributed by atoms with van der Waals surface area (Å²) in [4.78, 5) is 7.02. The monoisotopic (exact) mass is 192 g/mol. The van der Waals surface area contributed by atoms with Crippen LogP contribution in [0.25, 0.3) is 0 Å². The minimum Gasteiger partial charge on any atom is -0.254 e. The van der Waals surface area contributed by atoms with E-state index in [1.54, 1.807) is 0 Å². The third-order valence-electron chi connectivity index (χ3n) is 0.693. The van der Waals surface area contributed by atoms with Crippen LogP contribution in [0.1, 0.15) is 8.44 Å². The summed E-state index contributed by atoms with van der Waals surface area (Å²) in [7, 11) is 0. The maximum Gasteiger partial charge on any atom is 0.133 e. The molecule has 1 rings (SSSR count).